The number of hydrogen-bond acceptors (Lipinski definition) is 4. The zero-order valence-corrected chi connectivity index (χ0v) is 13.9. The molecule has 25 heavy (non-hydrogen) atoms. The summed E-state index contributed by atoms with van der Waals surface area (Å²) in [6.45, 7) is 0.824. The van der Waals surface area contributed by atoms with Crippen molar-refractivity contribution in [2.75, 3.05) is 13.1 Å². The number of carboxylic acid groups (broad SMARTS) is 1. The molecule has 2 aromatic rings. The molecule has 4 rings (SSSR count). The Morgan fingerprint density at radius 3 is 2.44 bits per heavy atom. The van der Waals surface area contributed by atoms with E-state index >= 15 is 0 Å². The van der Waals surface area contributed by atoms with Crippen LogP contribution >= 0.6 is 0 Å². The van der Waals surface area contributed by atoms with Crippen LogP contribution in [0.25, 0.3) is 0 Å². The molecule has 2 aliphatic rings. The van der Waals surface area contributed by atoms with Crippen LogP contribution in [0.15, 0.2) is 41.1 Å². The fraction of sp³-hybridized carbons (Fsp3) is 0.421. The van der Waals surface area contributed by atoms with Crippen molar-refractivity contribution in [2.24, 2.45) is 0 Å². The van der Waals surface area contributed by atoms with E-state index in [9.17, 15) is 14.7 Å². The average molecular weight is 340 g/mol. The van der Waals surface area contributed by atoms with Crippen LogP contribution in [0, 0.1) is 0 Å². The second-order valence-corrected chi connectivity index (χ2v) is 6.93. The molecule has 1 saturated carbocycles. The fourth-order valence-electron chi connectivity index (χ4n) is 3.70. The molecule has 6 nitrogen and oxygen atoms in total. The van der Waals surface area contributed by atoms with Crippen LogP contribution in [-0.2, 0) is 10.2 Å². The van der Waals surface area contributed by atoms with E-state index in [1.54, 1.807) is 4.90 Å². The Kier molecular flexibility index (Phi) is 3.82. The number of benzene rings is 1. The summed E-state index contributed by atoms with van der Waals surface area (Å²) in [5.41, 5.74) is 1.16. The zero-order chi connectivity index (χ0) is 17.4. The number of rotatable bonds is 4. The normalized spacial score (nSPS) is 19.6. The fourth-order valence-corrected chi connectivity index (χ4v) is 3.70. The van der Waals surface area contributed by atoms with Crippen molar-refractivity contribution >= 4 is 11.9 Å². The summed E-state index contributed by atoms with van der Waals surface area (Å²) in [4.78, 5) is 26.5. The molecule has 0 atom stereocenters. The molecule has 6 heteroatoms. The highest BCUT2D eigenvalue weighted by Crippen LogP contribution is 2.41. The van der Waals surface area contributed by atoms with Gasteiger partial charge in [-0.3, -0.25) is 9.59 Å². The molecule has 2 heterocycles. The molecule has 2 fully saturated rings. The highest BCUT2D eigenvalue weighted by molar-refractivity contribution is 5.95. The minimum absolute atomic E-state index is 0.102. The van der Waals surface area contributed by atoms with Crippen LogP contribution in [-0.4, -0.2) is 40.1 Å². The number of aromatic nitrogens is 1. The Morgan fingerprint density at radius 2 is 1.84 bits per heavy atom. The van der Waals surface area contributed by atoms with Gasteiger partial charge in [-0.2, -0.15) is 0 Å². The van der Waals surface area contributed by atoms with Crippen LogP contribution in [0.4, 0.5) is 0 Å². The highest BCUT2D eigenvalue weighted by atomic mass is 16.5. The number of likely N-dealkylation sites (tertiary alicyclic amines) is 1. The van der Waals surface area contributed by atoms with Crippen LogP contribution in [0.2, 0.25) is 0 Å². The van der Waals surface area contributed by atoms with Crippen molar-refractivity contribution in [3.8, 4) is 0 Å². The van der Waals surface area contributed by atoms with Gasteiger partial charge in [0, 0.05) is 19.0 Å². The van der Waals surface area contributed by atoms with Crippen molar-refractivity contribution in [2.45, 2.75) is 37.0 Å². The lowest BCUT2D eigenvalue weighted by molar-refractivity contribution is -0.145. The van der Waals surface area contributed by atoms with Crippen LogP contribution in [0.1, 0.15) is 53.2 Å². The summed E-state index contributed by atoms with van der Waals surface area (Å²) in [6, 6.07) is 9.31. The van der Waals surface area contributed by atoms with Crippen LogP contribution in [0.5, 0.6) is 0 Å². The van der Waals surface area contributed by atoms with Crippen molar-refractivity contribution < 1.29 is 19.2 Å². The number of amides is 1. The first-order valence-electron chi connectivity index (χ1n) is 8.64. The Balaban J connectivity index is 1.53. The van der Waals surface area contributed by atoms with Gasteiger partial charge in [0.2, 0.25) is 0 Å². The second kappa shape index (κ2) is 6.02. The van der Waals surface area contributed by atoms with E-state index in [1.807, 2.05) is 30.3 Å². The molecule has 1 aliphatic carbocycles. The number of hydrogen-bond donors (Lipinski definition) is 1. The summed E-state index contributed by atoms with van der Waals surface area (Å²) >= 11 is 0. The number of aliphatic carboxylic acids is 1. The maximum Gasteiger partial charge on any atom is 0.314 e. The van der Waals surface area contributed by atoms with Gasteiger partial charge in [-0.15, -0.1) is 0 Å². The summed E-state index contributed by atoms with van der Waals surface area (Å²) in [5, 5.41) is 13.8. The lowest BCUT2D eigenvalue weighted by atomic mass is 9.72. The predicted molar refractivity (Wildman–Crippen MR) is 89.4 cm³/mol. The standard InChI is InChI=1S/C19H20N2O4/c22-17(15-12-25-20-16(15)13-6-7-13)21-10-8-19(9-11-21,18(23)24)14-4-2-1-3-5-14/h1-5,12-13H,6-11H2,(H,23,24). The maximum absolute atomic E-state index is 12.8. The van der Waals surface area contributed by atoms with Gasteiger partial charge in [-0.1, -0.05) is 35.5 Å². The molecule has 1 amide bonds. The van der Waals surface area contributed by atoms with E-state index in [4.69, 9.17) is 4.52 Å². The van der Waals surface area contributed by atoms with Crippen LogP contribution in [0.3, 0.4) is 0 Å². The van der Waals surface area contributed by atoms with Gasteiger partial charge < -0.3 is 14.5 Å². The van der Waals surface area contributed by atoms with Gasteiger partial charge in [-0.05, 0) is 31.2 Å². The smallest absolute Gasteiger partial charge is 0.314 e. The molecular formula is C19H20N2O4. The van der Waals surface area contributed by atoms with E-state index in [0.717, 1.165) is 24.1 Å². The first kappa shape index (κ1) is 15.9. The van der Waals surface area contributed by atoms with Gasteiger partial charge in [0.05, 0.1) is 11.1 Å². The minimum atomic E-state index is -0.925. The van der Waals surface area contributed by atoms with E-state index in [1.165, 1.54) is 6.26 Å². The third kappa shape index (κ3) is 2.71. The van der Waals surface area contributed by atoms with Gasteiger partial charge >= 0.3 is 5.97 Å². The molecule has 0 unspecified atom stereocenters. The number of carbonyl (C=O) groups is 2. The molecule has 0 radical (unpaired) electrons. The van der Waals surface area contributed by atoms with Crippen molar-refractivity contribution in [3.05, 3.63) is 53.4 Å². The molecule has 0 bridgehead atoms. The van der Waals surface area contributed by atoms with Crippen LogP contribution < -0.4 is 0 Å². The molecule has 0 spiro atoms. The molecular weight excluding hydrogens is 320 g/mol. The summed E-state index contributed by atoms with van der Waals surface area (Å²) in [6.07, 6.45) is 4.32. The first-order valence-corrected chi connectivity index (χ1v) is 8.64. The van der Waals surface area contributed by atoms with Gasteiger partial charge in [0.25, 0.3) is 5.91 Å². The van der Waals surface area contributed by atoms with E-state index < -0.39 is 11.4 Å². The predicted octanol–water partition coefficient (Wildman–Crippen LogP) is 2.81. The average Bonchev–Trinajstić information content (AvgIpc) is 3.38. The lowest BCUT2D eigenvalue weighted by Crippen LogP contribution is -2.49. The SMILES string of the molecule is O=C(c1conc1C1CC1)N1CCC(C(=O)O)(c2ccccc2)CC1. The first-order chi connectivity index (χ1) is 12.1. The van der Waals surface area contributed by atoms with Gasteiger partial charge in [-0.25, -0.2) is 0 Å². The zero-order valence-electron chi connectivity index (χ0n) is 13.9. The molecule has 1 aromatic carbocycles. The molecule has 1 aliphatic heterocycles. The van der Waals surface area contributed by atoms with E-state index in [2.05, 4.69) is 5.16 Å². The summed E-state index contributed by atoms with van der Waals surface area (Å²) in [7, 11) is 0. The van der Waals surface area contributed by atoms with E-state index in [-0.39, 0.29) is 5.91 Å². The number of nitrogens with zero attached hydrogens (tertiary/aromatic N) is 2. The monoisotopic (exact) mass is 340 g/mol. The van der Waals surface area contributed by atoms with E-state index in [0.29, 0.717) is 37.4 Å². The van der Waals surface area contributed by atoms with Gasteiger partial charge in [0.1, 0.15) is 11.8 Å². The Morgan fingerprint density at radius 1 is 1.16 bits per heavy atom. The van der Waals surface area contributed by atoms with Gasteiger partial charge in [0.15, 0.2) is 0 Å². The van der Waals surface area contributed by atoms with Crippen molar-refractivity contribution in [3.63, 3.8) is 0 Å². The molecule has 130 valence electrons. The maximum atomic E-state index is 12.8. The Bertz CT molecular complexity index is 787. The third-order valence-electron chi connectivity index (χ3n) is 5.43. The summed E-state index contributed by atoms with van der Waals surface area (Å²) in [5.74, 6) is -0.588. The molecule has 1 saturated heterocycles. The largest absolute Gasteiger partial charge is 0.481 e. The number of piperidine rings is 1. The van der Waals surface area contributed by atoms with Crippen molar-refractivity contribution in [1.82, 2.24) is 10.1 Å². The lowest BCUT2D eigenvalue weighted by Gasteiger charge is -2.39. The minimum Gasteiger partial charge on any atom is -0.481 e. The number of carbonyl (C=O) groups excluding carboxylic acids is 1. The third-order valence-corrected chi connectivity index (χ3v) is 5.43. The Hall–Kier alpha value is -2.63. The quantitative estimate of drug-likeness (QED) is 0.925. The highest BCUT2D eigenvalue weighted by Gasteiger charge is 2.44. The second-order valence-electron chi connectivity index (χ2n) is 6.93. The molecule has 1 aromatic heterocycles. The number of carboxylic acids is 1. The molecule has 1 N–H and O–H groups in total. The van der Waals surface area contributed by atoms with Crippen molar-refractivity contribution in [1.29, 1.82) is 0 Å². The Labute approximate surface area is 145 Å². The summed E-state index contributed by atoms with van der Waals surface area (Å²) < 4.78 is 5.02. The topological polar surface area (TPSA) is 83.6 Å².